The van der Waals surface area contributed by atoms with Gasteiger partial charge in [0.2, 0.25) is 0 Å². The average Bonchev–Trinajstić information content (AvgIpc) is 2.29. The van der Waals surface area contributed by atoms with Crippen molar-refractivity contribution in [3.63, 3.8) is 0 Å². The Balaban J connectivity index is 1.99. The number of nitrogens with zero attached hydrogens (tertiary/aromatic N) is 1. The van der Waals surface area contributed by atoms with Crippen LogP contribution in [0.1, 0.15) is 28.8 Å². The molecule has 1 fully saturated rings. The van der Waals surface area contributed by atoms with Crippen LogP contribution >= 0.6 is 27.5 Å². The zero-order chi connectivity index (χ0) is 13.3. The monoisotopic (exact) mass is 329 g/mol. The number of rotatable bonds is 3. The van der Waals surface area contributed by atoms with Crippen molar-refractivity contribution in [3.8, 4) is 0 Å². The van der Waals surface area contributed by atoms with Crippen LogP contribution in [-0.2, 0) is 0 Å². The molecule has 4 heteroatoms. The number of carbonyl (C=O) groups excluding carboxylic acids is 1. The lowest BCUT2D eigenvalue weighted by atomic mass is 9.85. The Morgan fingerprint density at radius 3 is 2.72 bits per heavy atom. The summed E-state index contributed by atoms with van der Waals surface area (Å²) in [6, 6.07) is 5.49. The molecule has 1 aromatic rings. The van der Waals surface area contributed by atoms with Crippen molar-refractivity contribution in [1.82, 2.24) is 4.90 Å². The Labute approximate surface area is 121 Å². The third kappa shape index (κ3) is 3.07. The summed E-state index contributed by atoms with van der Waals surface area (Å²) >= 11 is 9.62. The van der Waals surface area contributed by atoms with Gasteiger partial charge in [0.05, 0.1) is 0 Å². The van der Waals surface area contributed by atoms with E-state index in [9.17, 15) is 4.79 Å². The molecule has 1 aromatic carbocycles. The second kappa shape index (κ2) is 5.62. The van der Waals surface area contributed by atoms with Crippen LogP contribution in [0.3, 0.4) is 0 Å². The van der Waals surface area contributed by atoms with Gasteiger partial charge in [0, 0.05) is 29.0 Å². The second-order valence-corrected chi connectivity index (χ2v) is 6.79. The molecule has 0 aliphatic heterocycles. The van der Waals surface area contributed by atoms with Crippen molar-refractivity contribution in [3.05, 3.63) is 34.3 Å². The van der Waals surface area contributed by atoms with E-state index in [4.69, 9.17) is 11.6 Å². The minimum atomic E-state index is 0.0509. The number of aryl methyl sites for hydroxylation is 1. The molecule has 0 atom stereocenters. The lowest BCUT2D eigenvalue weighted by Gasteiger charge is -2.34. The predicted octanol–water partition coefficient (Wildman–Crippen LogP) is 3.89. The van der Waals surface area contributed by atoms with Crippen LogP contribution < -0.4 is 0 Å². The largest absolute Gasteiger partial charge is 0.341 e. The van der Waals surface area contributed by atoms with E-state index >= 15 is 0 Å². The van der Waals surface area contributed by atoms with Crippen LogP contribution in [0.5, 0.6) is 0 Å². The molecule has 0 radical (unpaired) electrons. The summed E-state index contributed by atoms with van der Waals surface area (Å²) in [7, 11) is 1.86. The molecule has 1 saturated carbocycles. The molecule has 18 heavy (non-hydrogen) atoms. The highest BCUT2D eigenvalue weighted by atomic mass is 79.9. The summed E-state index contributed by atoms with van der Waals surface area (Å²) in [5.74, 6) is 0.680. The highest BCUT2D eigenvalue weighted by Gasteiger charge is 2.28. The summed E-state index contributed by atoms with van der Waals surface area (Å²) in [5.41, 5.74) is 1.67. The summed E-state index contributed by atoms with van der Waals surface area (Å²) in [4.78, 5) is 14.7. The van der Waals surface area contributed by atoms with E-state index in [-0.39, 0.29) is 5.91 Å². The van der Waals surface area contributed by atoms with Gasteiger partial charge in [-0.1, -0.05) is 33.6 Å². The molecular formula is C14H17BrClNO. The number of benzene rings is 1. The highest BCUT2D eigenvalue weighted by molar-refractivity contribution is 9.09. The van der Waals surface area contributed by atoms with Crippen molar-refractivity contribution < 1.29 is 4.79 Å². The van der Waals surface area contributed by atoms with Crippen LogP contribution in [0.25, 0.3) is 0 Å². The first-order valence-electron chi connectivity index (χ1n) is 6.13. The molecule has 1 aliphatic carbocycles. The number of alkyl halides is 1. The van der Waals surface area contributed by atoms with Crippen molar-refractivity contribution >= 4 is 33.4 Å². The fourth-order valence-electron chi connectivity index (χ4n) is 2.22. The van der Waals surface area contributed by atoms with Gasteiger partial charge in [0.1, 0.15) is 0 Å². The third-order valence-corrected chi connectivity index (χ3v) is 4.63. The zero-order valence-corrected chi connectivity index (χ0v) is 13.0. The molecular weight excluding hydrogens is 314 g/mol. The van der Waals surface area contributed by atoms with Gasteiger partial charge in [-0.25, -0.2) is 0 Å². The topological polar surface area (TPSA) is 20.3 Å². The molecule has 1 amide bonds. The molecule has 0 N–H and O–H groups in total. The molecule has 0 bridgehead atoms. The predicted molar refractivity (Wildman–Crippen MR) is 78.6 cm³/mol. The Morgan fingerprint density at radius 1 is 1.50 bits per heavy atom. The van der Waals surface area contributed by atoms with E-state index in [1.54, 1.807) is 11.0 Å². The summed E-state index contributed by atoms with van der Waals surface area (Å²) < 4.78 is 0. The van der Waals surface area contributed by atoms with Gasteiger partial charge >= 0.3 is 0 Å². The number of carbonyl (C=O) groups is 1. The first kappa shape index (κ1) is 13.9. The Morgan fingerprint density at radius 2 is 2.17 bits per heavy atom. The van der Waals surface area contributed by atoms with Crippen LogP contribution in [0.15, 0.2) is 18.2 Å². The standard InChI is InChI=1S/C14H17BrClNO/c1-9-3-4-11(7-13(9)16)14(18)17(2)8-10-5-12(15)6-10/h3-4,7,10,12H,5-6,8H2,1-2H3. The second-order valence-electron chi connectivity index (χ2n) is 5.08. The van der Waals surface area contributed by atoms with E-state index in [1.165, 1.54) is 0 Å². The summed E-state index contributed by atoms with van der Waals surface area (Å²) in [6.45, 7) is 2.76. The normalized spacial score (nSPS) is 22.4. The number of hydrogen-bond donors (Lipinski definition) is 0. The van der Waals surface area contributed by atoms with Crippen molar-refractivity contribution in [2.75, 3.05) is 13.6 Å². The Kier molecular flexibility index (Phi) is 4.33. The van der Waals surface area contributed by atoms with Crippen LogP contribution in [-0.4, -0.2) is 29.2 Å². The van der Waals surface area contributed by atoms with Crippen LogP contribution in [0.2, 0.25) is 5.02 Å². The molecule has 0 unspecified atom stereocenters. The number of halogens is 2. The molecule has 1 aliphatic rings. The molecule has 0 spiro atoms. The fourth-order valence-corrected chi connectivity index (χ4v) is 3.46. The van der Waals surface area contributed by atoms with Crippen LogP contribution in [0, 0.1) is 12.8 Å². The molecule has 0 heterocycles. The van der Waals surface area contributed by atoms with Gasteiger partial charge in [-0.2, -0.15) is 0 Å². The quantitative estimate of drug-likeness (QED) is 0.770. The van der Waals surface area contributed by atoms with E-state index in [2.05, 4.69) is 15.9 Å². The van der Waals surface area contributed by atoms with Gasteiger partial charge in [-0.3, -0.25) is 4.79 Å². The Bertz CT molecular complexity index is 457. The maximum absolute atomic E-state index is 12.2. The van der Waals surface area contributed by atoms with E-state index in [0.717, 1.165) is 24.9 Å². The summed E-state index contributed by atoms with van der Waals surface area (Å²) in [5, 5.41) is 0.651. The minimum absolute atomic E-state index is 0.0509. The average molecular weight is 331 g/mol. The van der Waals surface area contributed by atoms with Crippen molar-refractivity contribution in [2.24, 2.45) is 5.92 Å². The molecule has 98 valence electrons. The third-order valence-electron chi connectivity index (χ3n) is 3.48. The number of amides is 1. The fraction of sp³-hybridized carbons (Fsp3) is 0.500. The van der Waals surface area contributed by atoms with Crippen molar-refractivity contribution in [2.45, 2.75) is 24.6 Å². The van der Waals surface area contributed by atoms with Gasteiger partial charge < -0.3 is 4.90 Å². The van der Waals surface area contributed by atoms with Gasteiger partial charge in [-0.15, -0.1) is 0 Å². The lowest BCUT2D eigenvalue weighted by molar-refractivity contribution is 0.0749. The SMILES string of the molecule is Cc1ccc(C(=O)N(C)CC2CC(Br)C2)cc1Cl. The van der Waals surface area contributed by atoms with Crippen molar-refractivity contribution in [1.29, 1.82) is 0 Å². The zero-order valence-electron chi connectivity index (χ0n) is 10.6. The highest BCUT2D eigenvalue weighted by Crippen LogP contribution is 2.33. The summed E-state index contributed by atoms with van der Waals surface area (Å²) in [6.07, 6.45) is 2.32. The molecule has 0 aromatic heterocycles. The first-order chi connectivity index (χ1) is 8.47. The van der Waals surface area contributed by atoms with E-state index in [0.29, 0.717) is 21.3 Å². The minimum Gasteiger partial charge on any atom is -0.341 e. The molecule has 2 rings (SSSR count). The van der Waals surface area contributed by atoms with E-state index in [1.807, 2.05) is 26.1 Å². The lowest BCUT2D eigenvalue weighted by Crippen LogP contribution is -2.37. The smallest absolute Gasteiger partial charge is 0.253 e. The first-order valence-corrected chi connectivity index (χ1v) is 7.42. The van der Waals surface area contributed by atoms with Gasteiger partial charge in [0.25, 0.3) is 5.91 Å². The Hall–Kier alpha value is -0.540. The van der Waals surface area contributed by atoms with E-state index < -0.39 is 0 Å². The van der Waals surface area contributed by atoms with Crippen LogP contribution in [0.4, 0.5) is 0 Å². The molecule has 0 saturated heterocycles. The van der Waals surface area contributed by atoms with Gasteiger partial charge in [0.15, 0.2) is 0 Å². The maximum atomic E-state index is 12.2. The molecule has 2 nitrogen and oxygen atoms in total. The van der Waals surface area contributed by atoms with Gasteiger partial charge in [-0.05, 0) is 43.4 Å². The number of hydrogen-bond acceptors (Lipinski definition) is 1. The maximum Gasteiger partial charge on any atom is 0.253 e.